The molecular formula is C17H25N5O2. The largest absolute Gasteiger partial charge is 0.357 e. The molecule has 1 aromatic carbocycles. The number of aliphatic imine (C=N–C) groups is 1. The number of hydrogen-bond donors (Lipinski definition) is 4. The number of guanidine groups is 1. The van der Waals surface area contributed by atoms with Crippen molar-refractivity contribution in [2.75, 3.05) is 31.5 Å². The van der Waals surface area contributed by atoms with Crippen LogP contribution in [0.25, 0.3) is 0 Å². The Balaban J connectivity index is 1.97. The van der Waals surface area contributed by atoms with Crippen molar-refractivity contribution in [3.05, 3.63) is 29.8 Å². The lowest BCUT2D eigenvalue weighted by molar-refractivity contribution is -0.119. The van der Waals surface area contributed by atoms with Crippen molar-refractivity contribution in [1.82, 2.24) is 16.0 Å². The number of fused-ring (bicyclic) bond motifs is 1. The second-order valence-electron chi connectivity index (χ2n) is 5.67. The van der Waals surface area contributed by atoms with Crippen LogP contribution < -0.4 is 21.3 Å². The number of anilines is 1. The minimum Gasteiger partial charge on any atom is -0.357 e. The van der Waals surface area contributed by atoms with Gasteiger partial charge in [-0.15, -0.1) is 0 Å². The predicted molar refractivity (Wildman–Crippen MR) is 95.1 cm³/mol. The fourth-order valence-corrected chi connectivity index (χ4v) is 2.63. The minimum atomic E-state index is -0.0523. The number of nitrogens with one attached hydrogen (secondary N) is 4. The molecule has 7 nitrogen and oxygen atoms in total. The van der Waals surface area contributed by atoms with E-state index in [4.69, 9.17) is 0 Å². The summed E-state index contributed by atoms with van der Waals surface area (Å²) in [6.07, 6.45) is 0.436. The zero-order valence-corrected chi connectivity index (χ0v) is 14.2. The number of nitrogens with zero attached hydrogens (tertiary/aromatic N) is 1. The van der Waals surface area contributed by atoms with Gasteiger partial charge in [-0.3, -0.25) is 14.6 Å². The Morgan fingerprint density at radius 2 is 2.00 bits per heavy atom. The summed E-state index contributed by atoms with van der Waals surface area (Å²) in [5.74, 6) is 0.730. The van der Waals surface area contributed by atoms with Gasteiger partial charge in [-0.2, -0.15) is 0 Å². The second kappa shape index (κ2) is 8.90. The second-order valence-corrected chi connectivity index (χ2v) is 5.67. The summed E-state index contributed by atoms with van der Waals surface area (Å²) >= 11 is 0. The summed E-state index contributed by atoms with van der Waals surface area (Å²) in [4.78, 5) is 27.3. The predicted octanol–water partition coefficient (Wildman–Crippen LogP) is 0.804. The summed E-state index contributed by atoms with van der Waals surface area (Å²) in [7, 11) is 0. The molecule has 7 heteroatoms. The van der Waals surface area contributed by atoms with Gasteiger partial charge < -0.3 is 21.3 Å². The molecule has 1 unspecified atom stereocenters. The van der Waals surface area contributed by atoms with Gasteiger partial charge in [0.2, 0.25) is 11.8 Å². The molecule has 1 atom stereocenters. The fourth-order valence-electron chi connectivity index (χ4n) is 2.63. The van der Waals surface area contributed by atoms with Gasteiger partial charge in [-0.25, -0.2) is 0 Å². The molecule has 0 fully saturated rings. The molecule has 130 valence electrons. The monoisotopic (exact) mass is 331 g/mol. The number of rotatable bonds is 6. The van der Waals surface area contributed by atoms with E-state index in [0.717, 1.165) is 17.8 Å². The molecule has 1 heterocycles. The van der Waals surface area contributed by atoms with Gasteiger partial charge in [-0.05, 0) is 18.6 Å². The number of para-hydroxylation sites is 1. The van der Waals surface area contributed by atoms with Gasteiger partial charge in [-0.1, -0.05) is 18.2 Å². The van der Waals surface area contributed by atoms with E-state index >= 15 is 0 Å². The lowest BCUT2D eigenvalue weighted by Crippen LogP contribution is -2.41. The van der Waals surface area contributed by atoms with Gasteiger partial charge in [0.05, 0.1) is 6.54 Å². The van der Waals surface area contributed by atoms with Gasteiger partial charge >= 0.3 is 0 Å². The summed E-state index contributed by atoms with van der Waals surface area (Å²) in [5, 5.41) is 12.0. The lowest BCUT2D eigenvalue weighted by atomic mass is 9.91. The minimum absolute atomic E-state index is 0.0255. The van der Waals surface area contributed by atoms with Crippen molar-refractivity contribution in [3.63, 3.8) is 0 Å². The van der Waals surface area contributed by atoms with E-state index in [9.17, 15) is 9.59 Å². The SMILES string of the molecule is CCNC(=NCC1CC(=O)Nc2ccccc21)NCCNC(C)=O. The Kier molecular flexibility index (Phi) is 6.60. The topological polar surface area (TPSA) is 94.6 Å². The van der Waals surface area contributed by atoms with E-state index in [1.165, 1.54) is 6.92 Å². The quantitative estimate of drug-likeness (QED) is 0.352. The average molecular weight is 331 g/mol. The van der Waals surface area contributed by atoms with Crippen molar-refractivity contribution >= 4 is 23.5 Å². The Labute approximate surface area is 142 Å². The molecule has 1 aliphatic rings. The van der Waals surface area contributed by atoms with Crippen molar-refractivity contribution < 1.29 is 9.59 Å². The number of carbonyl (C=O) groups excluding carboxylic acids is 2. The van der Waals surface area contributed by atoms with Gasteiger partial charge in [0.25, 0.3) is 0 Å². The highest BCUT2D eigenvalue weighted by atomic mass is 16.2. The molecule has 0 aromatic heterocycles. The standard InChI is InChI=1S/C17H25N5O2/c1-3-18-17(20-9-8-19-12(2)23)21-11-13-10-16(24)22-15-7-5-4-6-14(13)15/h4-7,13H,3,8-11H2,1-2H3,(H,19,23)(H,22,24)(H2,18,20,21). The number of carbonyl (C=O) groups is 2. The first-order valence-electron chi connectivity index (χ1n) is 8.25. The highest BCUT2D eigenvalue weighted by Crippen LogP contribution is 2.31. The summed E-state index contributed by atoms with van der Waals surface area (Å²) in [6, 6.07) is 7.84. The molecule has 2 rings (SSSR count). The van der Waals surface area contributed by atoms with Crippen molar-refractivity contribution in [2.45, 2.75) is 26.2 Å². The van der Waals surface area contributed by atoms with Crippen LogP contribution in [-0.2, 0) is 9.59 Å². The molecule has 24 heavy (non-hydrogen) atoms. The number of hydrogen-bond acceptors (Lipinski definition) is 3. The molecule has 1 aliphatic heterocycles. The third-order valence-electron chi connectivity index (χ3n) is 3.71. The zero-order chi connectivity index (χ0) is 17.4. The fraction of sp³-hybridized carbons (Fsp3) is 0.471. The molecule has 0 saturated heterocycles. The molecule has 0 aliphatic carbocycles. The lowest BCUT2D eigenvalue weighted by Gasteiger charge is -2.24. The third kappa shape index (κ3) is 5.26. The Morgan fingerprint density at radius 1 is 1.25 bits per heavy atom. The van der Waals surface area contributed by atoms with Crippen LogP contribution in [0.2, 0.25) is 0 Å². The van der Waals surface area contributed by atoms with Crippen molar-refractivity contribution in [1.29, 1.82) is 0 Å². The first-order valence-corrected chi connectivity index (χ1v) is 8.25. The molecule has 0 radical (unpaired) electrons. The van der Waals surface area contributed by atoms with Gasteiger partial charge in [0.1, 0.15) is 0 Å². The van der Waals surface area contributed by atoms with E-state index < -0.39 is 0 Å². The maximum Gasteiger partial charge on any atom is 0.225 e. The Hall–Kier alpha value is -2.57. The highest BCUT2D eigenvalue weighted by Gasteiger charge is 2.24. The zero-order valence-electron chi connectivity index (χ0n) is 14.2. The summed E-state index contributed by atoms with van der Waals surface area (Å²) in [6.45, 7) is 5.88. The smallest absolute Gasteiger partial charge is 0.225 e. The number of benzene rings is 1. The average Bonchev–Trinajstić information content (AvgIpc) is 2.55. The van der Waals surface area contributed by atoms with Crippen LogP contribution in [0.1, 0.15) is 31.7 Å². The first-order chi connectivity index (χ1) is 11.6. The van der Waals surface area contributed by atoms with E-state index in [1.54, 1.807) is 0 Å². The Morgan fingerprint density at radius 3 is 2.75 bits per heavy atom. The van der Waals surface area contributed by atoms with Crippen LogP contribution in [0.15, 0.2) is 29.3 Å². The highest BCUT2D eigenvalue weighted by molar-refractivity contribution is 5.94. The summed E-state index contributed by atoms with van der Waals surface area (Å²) in [5.41, 5.74) is 1.99. The van der Waals surface area contributed by atoms with Crippen LogP contribution in [0.5, 0.6) is 0 Å². The molecule has 0 spiro atoms. The normalized spacial score (nSPS) is 16.8. The van der Waals surface area contributed by atoms with Crippen LogP contribution in [0.4, 0.5) is 5.69 Å². The van der Waals surface area contributed by atoms with Crippen LogP contribution in [-0.4, -0.2) is 44.0 Å². The molecule has 2 amide bonds. The van der Waals surface area contributed by atoms with Crippen LogP contribution in [0, 0.1) is 0 Å². The third-order valence-corrected chi connectivity index (χ3v) is 3.71. The van der Waals surface area contributed by atoms with Crippen molar-refractivity contribution in [2.24, 2.45) is 4.99 Å². The van der Waals surface area contributed by atoms with Crippen LogP contribution >= 0.6 is 0 Å². The first kappa shape index (κ1) is 17.8. The Bertz CT molecular complexity index is 615. The van der Waals surface area contributed by atoms with Crippen LogP contribution in [0.3, 0.4) is 0 Å². The van der Waals surface area contributed by atoms with E-state index in [2.05, 4.69) is 26.3 Å². The van der Waals surface area contributed by atoms with Gasteiger partial charge in [0, 0.05) is 44.6 Å². The molecule has 0 saturated carbocycles. The van der Waals surface area contributed by atoms with E-state index in [0.29, 0.717) is 32.0 Å². The molecule has 0 bridgehead atoms. The van der Waals surface area contributed by atoms with Crippen molar-refractivity contribution in [3.8, 4) is 0 Å². The summed E-state index contributed by atoms with van der Waals surface area (Å²) < 4.78 is 0. The van der Waals surface area contributed by atoms with Gasteiger partial charge in [0.15, 0.2) is 5.96 Å². The molecular weight excluding hydrogens is 306 g/mol. The molecule has 1 aromatic rings. The maximum atomic E-state index is 11.9. The van der Waals surface area contributed by atoms with E-state index in [-0.39, 0.29) is 17.7 Å². The maximum absolute atomic E-state index is 11.9. The number of amides is 2. The molecule has 4 N–H and O–H groups in total. The van der Waals surface area contributed by atoms with E-state index in [1.807, 2.05) is 31.2 Å².